The molecule has 2 rings (SSSR count). The summed E-state index contributed by atoms with van der Waals surface area (Å²) >= 11 is 0. The van der Waals surface area contributed by atoms with Crippen LogP contribution in [0.3, 0.4) is 0 Å². The van der Waals surface area contributed by atoms with Crippen LogP contribution < -0.4 is 5.32 Å². The van der Waals surface area contributed by atoms with Crippen LogP contribution in [0.4, 0.5) is 0 Å². The Hall–Kier alpha value is -0.120. The maximum Gasteiger partial charge on any atom is 0.0695 e. The highest BCUT2D eigenvalue weighted by atomic mass is 16.3. The van der Waals surface area contributed by atoms with Gasteiger partial charge in [-0.25, -0.2) is 0 Å². The molecule has 15 heavy (non-hydrogen) atoms. The third-order valence-corrected chi connectivity index (χ3v) is 3.97. The molecule has 3 unspecified atom stereocenters. The van der Waals surface area contributed by atoms with Gasteiger partial charge in [0.05, 0.1) is 6.10 Å². The third-order valence-electron chi connectivity index (χ3n) is 3.97. The van der Waals surface area contributed by atoms with E-state index in [1.54, 1.807) is 0 Å². The first-order chi connectivity index (χ1) is 7.31. The van der Waals surface area contributed by atoms with Gasteiger partial charge >= 0.3 is 0 Å². The molecule has 0 amide bonds. The molecule has 3 heteroatoms. The minimum absolute atomic E-state index is 0.0629. The summed E-state index contributed by atoms with van der Waals surface area (Å²) in [5.41, 5.74) is 0. The molecule has 0 radical (unpaired) electrons. The highest BCUT2D eigenvalue weighted by Gasteiger charge is 2.33. The van der Waals surface area contributed by atoms with Crippen molar-refractivity contribution < 1.29 is 5.11 Å². The molecule has 3 atom stereocenters. The van der Waals surface area contributed by atoms with Crippen molar-refractivity contribution in [3.8, 4) is 0 Å². The Morgan fingerprint density at radius 3 is 2.80 bits per heavy atom. The zero-order valence-electron chi connectivity index (χ0n) is 9.78. The van der Waals surface area contributed by atoms with Gasteiger partial charge < -0.3 is 10.4 Å². The van der Waals surface area contributed by atoms with Crippen molar-refractivity contribution in [3.05, 3.63) is 0 Å². The van der Waals surface area contributed by atoms with Gasteiger partial charge in [-0.3, -0.25) is 4.90 Å². The summed E-state index contributed by atoms with van der Waals surface area (Å²) in [6.45, 7) is 3.50. The van der Waals surface area contributed by atoms with Crippen LogP contribution in [0, 0.1) is 5.92 Å². The molecule has 0 bridgehead atoms. The topological polar surface area (TPSA) is 35.5 Å². The molecular formula is C12H24N2O. The molecule has 1 aliphatic carbocycles. The molecule has 0 aromatic rings. The van der Waals surface area contributed by atoms with Gasteiger partial charge in [0.2, 0.25) is 0 Å². The average molecular weight is 212 g/mol. The first-order valence-corrected chi connectivity index (χ1v) is 6.38. The van der Waals surface area contributed by atoms with Crippen LogP contribution in [0.25, 0.3) is 0 Å². The Morgan fingerprint density at radius 1 is 1.27 bits per heavy atom. The van der Waals surface area contributed by atoms with Crippen molar-refractivity contribution >= 4 is 0 Å². The SMILES string of the molecule is CNCC1CCN(C2CCCCC2O)C1. The Bertz CT molecular complexity index is 198. The van der Waals surface area contributed by atoms with E-state index in [1.807, 2.05) is 7.05 Å². The molecule has 0 aromatic carbocycles. The van der Waals surface area contributed by atoms with Crippen LogP contribution in [0.5, 0.6) is 0 Å². The number of nitrogens with zero attached hydrogens (tertiary/aromatic N) is 1. The fraction of sp³-hybridized carbons (Fsp3) is 1.00. The molecule has 0 spiro atoms. The summed E-state index contributed by atoms with van der Waals surface area (Å²) < 4.78 is 0. The second-order valence-electron chi connectivity index (χ2n) is 5.13. The number of likely N-dealkylation sites (tertiary alicyclic amines) is 1. The average Bonchev–Trinajstić information content (AvgIpc) is 2.68. The van der Waals surface area contributed by atoms with Crippen molar-refractivity contribution in [1.29, 1.82) is 0 Å². The molecule has 1 saturated carbocycles. The molecule has 2 aliphatic rings. The summed E-state index contributed by atoms with van der Waals surface area (Å²) in [5, 5.41) is 13.2. The first kappa shape index (κ1) is 11.4. The van der Waals surface area contributed by atoms with Crippen LogP contribution in [-0.4, -0.2) is 48.8 Å². The van der Waals surface area contributed by atoms with Crippen molar-refractivity contribution in [3.63, 3.8) is 0 Å². The Balaban J connectivity index is 1.83. The van der Waals surface area contributed by atoms with Crippen molar-refractivity contribution in [2.24, 2.45) is 5.92 Å². The molecule has 2 N–H and O–H groups in total. The molecule has 0 aromatic heterocycles. The lowest BCUT2D eigenvalue weighted by molar-refractivity contribution is 0.0295. The van der Waals surface area contributed by atoms with Gasteiger partial charge in [0.15, 0.2) is 0 Å². The lowest BCUT2D eigenvalue weighted by atomic mass is 9.91. The number of aliphatic hydroxyl groups is 1. The maximum absolute atomic E-state index is 9.99. The number of hydrogen-bond acceptors (Lipinski definition) is 3. The van der Waals surface area contributed by atoms with Gasteiger partial charge in [-0.15, -0.1) is 0 Å². The van der Waals surface area contributed by atoms with E-state index in [1.165, 1.54) is 38.8 Å². The van der Waals surface area contributed by atoms with Crippen LogP contribution in [0.15, 0.2) is 0 Å². The predicted octanol–water partition coefficient (Wildman–Crippen LogP) is 0.831. The Labute approximate surface area is 92.8 Å². The van der Waals surface area contributed by atoms with Gasteiger partial charge in [0, 0.05) is 12.6 Å². The van der Waals surface area contributed by atoms with Crippen LogP contribution in [0.2, 0.25) is 0 Å². The Kier molecular flexibility index (Phi) is 4.00. The van der Waals surface area contributed by atoms with Crippen LogP contribution >= 0.6 is 0 Å². The van der Waals surface area contributed by atoms with E-state index in [9.17, 15) is 5.11 Å². The van der Waals surface area contributed by atoms with Gasteiger partial charge in [-0.2, -0.15) is 0 Å². The van der Waals surface area contributed by atoms with E-state index in [4.69, 9.17) is 0 Å². The van der Waals surface area contributed by atoms with Crippen molar-refractivity contribution in [2.75, 3.05) is 26.7 Å². The van der Waals surface area contributed by atoms with E-state index in [-0.39, 0.29) is 6.10 Å². The fourth-order valence-corrected chi connectivity index (χ4v) is 3.14. The number of nitrogens with one attached hydrogen (secondary N) is 1. The summed E-state index contributed by atoms with van der Waals surface area (Å²) in [6.07, 6.45) is 5.96. The maximum atomic E-state index is 9.99. The lowest BCUT2D eigenvalue weighted by Gasteiger charge is -2.35. The molecule has 3 nitrogen and oxygen atoms in total. The van der Waals surface area contributed by atoms with Crippen molar-refractivity contribution in [1.82, 2.24) is 10.2 Å². The van der Waals surface area contributed by atoms with Gasteiger partial charge in [0.25, 0.3) is 0 Å². The monoisotopic (exact) mass is 212 g/mol. The van der Waals surface area contributed by atoms with Crippen LogP contribution in [0.1, 0.15) is 32.1 Å². The standard InChI is InChI=1S/C12H24N2O/c1-13-8-10-6-7-14(9-10)11-4-2-3-5-12(11)15/h10-13,15H,2-9H2,1H3. The highest BCUT2D eigenvalue weighted by Crippen LogP contribution is 2.27. The van der Waals surface area contributed by atoms with Crippen molar-refractivity contribution in [2.45, 2.75) is 44.2 Å². The molecule has 88 valence electrons. The van der Waals surface area contributed by atoms with E-state index >= 15 is 0 Å². The van der Waals surface area contributed by atoms with Crippen LogP contribution in [-0.2, 0) is 0 Å². The summed E-state index contributed by atoms with van der Waals surface area (Å²) in [4.78, 5) is 2.52. The Morgan fingerprint density at radius 2 is 2.07 bits per heavy atom. The molecule has 1 aliphatic heterocycles. The molecular weight excluding hydrogens is 188 g/mol. The van der Waals surface area contributed by atoms with E-state index in [2.05, 4.69) is 10.2 Å². The first-order valence-electron chi connectivity index (χ1n) is 6.38. The van der Waals surface area contributed by atoms with E-state index in [0.29, 0.717) is 6.04 Å². The quantitative estimate of drug-likeness (QED) is 0.727. The van der Waals surface area contributed by atoms with E-state index in [0.717, 1.165) is 18.9 Å². The normalized spacial score (nSPS) is 38.4. The number of hydrogen-bond donors (Lipinski definition) is 2. The van der Waals surface area contributed by atoms with E-state index < -0.39 is 0 Å². The fourth-order valence-electron chi connectivity index (χ4n) is 3.14. The smallest absolute Gasteiger partial charge is 0.0695 e. The minimum Gasteiger partial charge on any atom is -0.391 e. The molecule has 2 fully saturated rings. The second kappa shape index (κ2) is 5.28. The molecule has 1 heterocycles. The molecule has 1 saturated heterocycles. The number of aliphatic hydroxyl groups excluding tert-OH is 1. The third kappa shape index (κ3) is 2.71. The lowest BCUT2D eigenvalue weighted by Crippen LogP contribution is -2.44. The summed E-state index contributed by atoms with van der Waals surface area (Å²) in [5.74, 6) is 0.795. The van der Waals surface area contributed by atoms with Gasteiger partial charge in [-0.05, 0) is 45.3 Å². The zero-order valence-corrected chi connectivity index (χ0v) is 9.78. The van der Waals surface area contributed by atoms with Gasteiger partial charge in [-0.1, -0.05) is 12.8 Å². The summed E-state index contributed by atoms with van der Waals surface area (Å²) in [6, 6.07) is 0.459. The summed E-state index contributed by atoms with van der Waals surface area (Å²) in [7, 11) is 2.03. The zero-order chi connectivity index (χ0) is 10.7. The van der Waals surface area contributed by atoms with Gasteiger partial charge in [0.1, 0.15) is 0 Å². The number of rotatable bonds is 3. The second-order valence-corrected chi connectivity index (χ2v) is 5.13. The predicted molar refractivity (Wildman–Crippen MR) is 61.9 cm³/mol. The largest absolute Gasteiger partial charge is 0.391 e. The highest BCUT2D eigenvalue weighted by molar-refractivity contribution is 4.88. The minimum atomic E-state index is -0.0629.